The molecule has 0 aliphatic rings. The molecule has 0 aromatic carbocycles. The zero-order valence-corrected chi connectivity index (χ0v) is 10.4. The van der Waals surface area contributed by atoms with Crippen molar-refractivity contribution in [2.75, 3.05) is 0 Å². The molecule has 0 fully saturated rings. The summed E-state index contributed by atoms with van der Waals surface area (Å²) in [5.74, 6) is -0.572. The molecule has 2 rings (SSSR count). The summed E-state index contributed by atoms with van der Waals surface area (Å²) < 4.78 is 5.38. The molecule has 0 amide bonds. The third-order valence-corrected chi connectivity index (χ3v) is 3.13. The highest BCUT2D eigenvalue weighted by molar-refractivity contribution is 7.12. The lowest BCUT2D eigenvalue weighted by Crippen LogP contribution is -1.96. The first kappa shape index (κ1) is 11.9. The van der Waals surface area contributed by atoms with E-state index in [0.29, 0.717) is 5.02 Å². The predicted octanol–water partition coefficient (Wildman–Crippen LogP) is 3.60. The molecular weight excluding hydrogens is 262 g/mol. The van der Waals surface area contributed by atoms with Crippen LogP contribution in [0, 0.1) is 6.92 Å². The van der Waals surface area contributed by atoms with Gasteiger partial charge in [0, 0.05) is 6.20 Å². The van der Waals surface area contributed by atoms with Gasteiger partial charge in [0.2, 0.25) is 5.88 Å². The molecule has 88 valence electrons. The Morgan fingerprint density at radius 3 is 3.00 bits per heavy atom. The van der Waals surface area contributed by atoms with Gasteiger partial charge in [0.15, 0.2) is 10.6 Å². The van der Waals surface area contributed by atoms with Crippen LogP contribution in [0.2, 0.25) is 5.02 Å². The number of pyridine rings is 1. The molecule has 1 N–H and O–H groups in total. The van der Waals surface area contributed by atoms with Gasteiger partial charge in [-0.1, -0.05) is 11.6 Å². The van der Waals surface area contributed by atoms with E-state index in [9.17, 15) is 4.79 Å². The largest absolute Gasteiger partial charge is 0.477 e. The number of halogens is 1. The van der Waals surface area contributed by atoms with Crippen molar-refractivity contribution in [3.05, 3.63) is 39.2 Å². The third kappa shape index (κ3) is 2.57. The van der Waals surface area contributed by atoms with Crippen LogP contribution in [0.4, 0.5) is 0 Å². The number of carboxylic acid groups (broad SMARTS) is 1. The molecule has 0 atom stereocenters. The number of rotatable bonds is 3. The van der Waals surface area contributed by atoms with Gasteiger partial charge < -0.3 is 9.84 Å². The van der Waals surface area contributed by atoms with Crippen LogP contribution in [0.3, 0.4) is 0 Å². The Balaban J connectivity index is 2.31. The van der Waals surface area contributed by atoms with Gasteiger partial charge in [-0.3, -0.25) is 0 Å². The molecular formula is C11H8ClNO3S. The summed E-state index contributed by atoms with van der Waals surface area (Å²) in [5, 5.41) is 10.9. The van der Waals surface area contributed by atoms with Crippen LogP contribution in [0.5, 0.6) is 11.6 Å². The highest BCUT2D eigenvalue weighted by Crippen LogP contribution is 2.32. The smallest absolute Gasteiger partial charge is 0.349 e. The van der Waals surface area contributed by atoms with E-state index < -0.39 is 5.97 Å². The summed E-state index contributed by atoms with van der Waals surface area (Å²) in [6.07, 6.45) is 1.61. The summed E-state index contributed by atoms with van der Waals surface area (Å²) in [6.45, 7) is 1.86. The molecule has 0 unspecified atom stereocenters. The molecule has 0 aliphatic heterocycles. The number of carboxylic acids is 1. The molecule has 6 heteroatoms. The van der Waals surface area contributed by atoms with Gasteiger partial charge in [0.25, 0.3) is 0 Å². The Morgan fingerprint density at radius 2 is 2.35 bits per heavy atom. The number of hydrogen-bond acceptors (Lipinski definition) is 4. The lowest BCUT2D eigenvalue weighted by Gasteiger charge is -2.05. The molecule has 17 heavy (non-hydrogen) atoms. The number of nitrogens with zero attached hydrogens (tertiary/aromatic N) is 1. The van der Waals surface area contributed by atoms with Gasteiger partial charge in [-0.05, 0) is 30.0 Å². The summed E-state index contributed by atoms with van der Waals surface area (Å²) in [6, 6.07) is 3.28. The van der Waals surface area contributed by atoms with Crippen LogP contribution in [0.25, 0.3) is 0 Å². The second kappa shape index (κ2) is 4.73. The molecule has 4 nitrogen and oxygen atoms in total. The van der Waals surface area contributed by atoms with Crippen molar-refractivity contribution in [3.8, 4) is 11.6 Å². The quantitative estimate of drug-likeness (QED) is 0.925. The van der Waals surface area contributed by atoms with Crippen LogP contribution < -0.4 is 4.74 Å². The molecule has 0 radical (unpaired) electrons. The molecule has 0 saturated heterocycles. The van der Waals surface area contributed by atoms with E-state index in [1.165, 1.54) is 0 Å². The lowest BCUT2D eigenvalue weighted by atomic mass is 10.3. The van der Waals surface area contributed by atoms with E-state index in [1.54, 1.807) is 23.7 Å². The normalized spacial score (nSPS) is 10.2. The second-order valence-electron chi connectivity index (χ2n) is 3.32. The fourth-order valence-corrected chi connectivity index (χ4v) is 2.15. The van der Waals surface area contributed by atoms with Crippen molar-refractivity contribution in [2.45, 2.75) is 6.92 Å². The van der Waals surface area contributed by atoms with Gasteiger partial charge in [-0.25, -0.2) is 9.78 Å². The summed E-state index contributed by atoms with van der Waals surface area (Å²) in [7, 11) is 0. The molecule has 2 aromatic rings. The zero-order chi connectivity index (χ0) is 12.4. The minimum absolute atomic E-state index is 0.128. The average molecular weight is 270 g/mol. The van der Waals surface area contributed by atoms with Gasteiger partial charge in [-0.15, -0.1) is 11.3 Å². The fraction of sp³-hybridized carbons (Fsp3) is 0.0909. The Morgan fingerprint density at radius 1 is 1.59 bits per heavy atom. The molecule has 0 saturated carbocycles. The Hall–Kier alpha value is -1.59. The maximum absolute atomic E-state index is 10.9. The van der Waals surface area contributed by atoms with E-state index in [0.717, 1.165) is 16.9 Å². The number of hydrogen-bond donors (Lipinski definition) is 1. The van der Waals surface area contributed by atoms with Crippen molar-refractivity contribution in [1.29, 1.82) is 0 Å². The van der Waals surface area contributed by atoms with Crippen LogP contribution in [0.15, 0.2) is 23.7 Å². The summed E-state index contributed by atoms with van der Waals surface area (Å²) in [5.41, 5.74) is 0.908. The van der Waals surface area contributed by atoms with Crippen molar-refractivity contribution in [1.82, 2.24) is 4.98 Å². The van der Waals surface area contributed by atoms with Crippen molar-refractivity contribution >= 4 is 28.9 Å². The number of aromatic carboxylic acids is 1. The number of aryl methyl sites for hydroxylation is 1. The highest BCUT2D eigenvalue weighted by atomic mass is 35.5. The van der Waals surface area contributed by atoms with Gasteiger partial charge in [-0.2, -0.15) is 0 Å². The van der Waals surface area contributed by atoms with Crippen molar-refractivity contribution in [3.63, 3.8) is 0 Å². The van der Waals surface area contributed by atoms with Crippen LogP contribution in [-0.2, 0) is 0 Å². The SMILES string of the molecule is Cc1cnc(Oc2ccsc2C(=O)O)c(Cl)c1. The number of carbonyl (C=O) groups is 1. The Kier molecular flexibility index (Phi) is 3.31. The minimum Gasteiger partial charge on any atom is -0.477 e. The maximum Gasteiger partial charge on any atom is 0.349 e. The first-order valence-electron chi connectivity index (χ1n) is 4.68. The van der Waals surface area contributed by atoms with Gasteiger partial charge in [0.1, 0.15) is 5.02 Å². The minimum atomic E-state index is -1.03. The maximum atomic E-state index is 10.9. The van der Waals surface area contributed by atoms with E-state index in [-0.39, 0.29) is 16.5 Å². The Bertz CT molecular complexity index is 568. The summed E-state index contributed by atoms with van der Waals surface area (Å²) in [4.78, 5) is 15.0. The first-order valence-corrected chi connectivity index (χ1v) is 5.94. The standard InChI is InChI=1S/C11H8ClNO3S/c1-6-4-7(12)10(13-5-6)16-8-2-3-17-9(8)11(14)15/h2-5H,1H3,(H,14,15). The van der Waals surface area contributed by atoms with E-state index >= 15 is 0 Å². The zero-order valence-electron chi connectivity index (χ0n) is 8.81. The van der Waals surface area contributed by atoms with Crippen LogP contribution in [-0.4, -0.2) is 16.1 Å². The number of aromatic nitrogens is 1. The molecule has 2 aromatic heterocycles. The van der Waals surface area contributed by atoms with E-state index in [1.807, 2.05) is 6.92 Å². The predicted molar refractivity (Wildman–Crippen MR) is 65.3 cm³/mol. The topological polar surface area (TPSA) is 59.4 Å². The first-order chi connectivity index (χ1) is 8.08. The number of ether oxygens (including phenoxy) is 1. The molecule has 0 aliphatic carbocycles. The molecule has 0 bridgehead atoms. The van der Waals surface area contributed by atoms with Crippen molar-refractivity contribution < 1.29 is 14.6 Å². The molecule has 0 spiro atoms. The van der Waals surface area contributed by atoms with Crippen LogP contribution in [0.1, 0.15) is 15.2 Å². The second-order valence-corrected chi connectivity index (χ2v) is 4.64. The fourth-order valence-electron chi connectivity index (χ4n) is 1.23. The molecule has 2 heterocycles. The summed E-state index contributed by atoms with van der Waals surface area (Å²) >= 11 is 7.04. The van der Waals surface area contributed by atoms with Gasteiger partial charge >= 0.3 is 5.97 Å². The van der Waals surface area contributed by atoms with Gasteiger partial charge in [0.05, 0.1) is 0 Å². The average Bonchev–Trinajstić information content (AvgIpc) is 2.70. The monoisotopic (exact) mass is 269 g/mol. The highest BCUT2D eigenvalue weighted by Gasteiger charge is 2.15. The van der Waals surface area contributed by atoms with Crippen molar-refractivity contribution in [2.24, 2.45) is 0 Å². The van der Waals surface area contributed by atoms with Crippen LogP contribution >= 0.6 is 22.9 Å². The van der Waals surface area contributed by atoms with E-state index in [4.69, 9.17) is 21.4 Å². The lowest BCUT2D eigenvalue weighted by molar-refractivity contribution is 0.0699. The Labute approximate surface area is 106 Å². The third-order valence-electron chi connectivity index (χ3n) is 1.97. The van der Waals surface area contributed by atoms with E-state index in [2.05, 4.69) is 4.98 Å². The number of thiophene rings is 1.